The number of rotatable bonds is 5. The van der Waals surface area contributed by atoms with E-state index in [2.05, 4.69) is 0 Å². The Morgan fingerprint density at radius 1 is 1.50 bits per heavy atom. The molecule has 26 heavy (non-hydrogen) atoms. The van der Waals surface area contributed by atoms with E-state index < -0.39 is 56.7 Å². The van der Waals surface area contributed by atoms with Crippen LogP contribution in [0.15, 0.2) is 17.1 Å². The fourth-order valence-corrected chi connectivity index (χ4v) is 2.87. The van der Waals surface area contributed by atoms with Gasteiger partial charge >= 0.3 is 5.97 Å². The number of esters is 1. The molecule has 1 aliphatic rings. The molecule has 3 rings (SSSR count). The summed E-state index contributed by atoms with van der Waals surface area (Å²) in [5, 5.41) is 10.8. The molecule has 1 aromatic heterocycles. The Morgan fingerprint density at radius 3 is 2.65 bits per heavy atom. The van der Waals surface area contributed by atoms with E-state index in [9.17, 15) is 28.5 Å². The second kappa shape index (κ2) is 6.36. The van der Waals surface area contributed by atoms with Crippen molar-refractivity contribution in [3.63, 3.8) is 0 Å². The average Bonchev–Trinajstić information content (AvgIpc) is 3.31. The topological polar surface area (TPSA) is 101 Å². The van der Waals surface area contributed by atoms with E-state index in [4.69, 9.17) is 9.47 Å². The molecule has 1 saturated carbocycles. The second-order valence-electron chi connectivity index (χ2n) is 5.71. The first-order chi connectivity index (χ1) is 12.3. The fraction of sp³-hybridized carbons (Fsp3) is 0.375. The predicted molar refractivity (Wildman–Crippen MR) is 85.9 cm³/mol. The van der Waals surface area contributed by atoms with E-state index in [1.807, 2.05) is 0 Å². The Bertz CT molecular complexity index is 987. The average molecular weight is 368 g/mol. The van der Waals surface area contributed by atoms with Gasteiger partial charge in [0, 0.05) is 12.6 Å². The van der Waals surface area contributed by atoms with Crippen molar-refractivity contribution in [2.75, 3.05) is 13.7 Å². The van der Waals surface area contributed by atoms with E-state index in [1.54, 1.807) is 0 Å². The summed E-state index contributed by atoms with van der Waals surface area (Å²) in [5.74, 6) is -2.50. The molecule has 1 heterocycles. The van der Waals surface area contributed by atoms with Crippen LogP contribution in [0.25, 0.3) is 10.9 Å². The second-order valence-corrected chi connectivity index (χ2v) is 5.71. The van der Waals surface area contributed by atoms with Gasteiger partial charge in [0.2, 0.25) is 5.43 Å². The van der Waals surface area contributed by atoms with E-state index in [0.29, 0.717) is 6.07 Å². The summed E-state index contributed by atoms with van der Waals surface area (Å²) in [6, 6.07) is -0.247. The summed E-state index contributed by atoms with van der Waals surface area (Å²) in [5.41, 5.74) is -2.59. The Kier molecular flexibility index (Phi) is 4.34. The lowest BCUT2D eigenvalue weighted by molar-refractivity contribution is -0.383. The number of benzene rings is 1. The molecule has 0 unspecified atom stereocenters. The number of methoxy groups -OCH3 is 1. The van der Waals surface area contributed by atoms with Crippen molar-refractivity contribution in [3.05, 3.63) is 44.0 Å². The Hall–Kier alpha value is -3.04. The van der Waals surface area contributed by atoms with Gasteiger partial charge in [-0.15, -0.1) is 0 Å². The molecule has 0 N–H and O–H groups in total. The first kappa shape index (κ1) is 17.8. The molecular formula is C16H14F2N2O6. The molecule has 1 aliphatic carbocycles. The molecule has 0 amide bonds. The van der Waals surface area contributed by atoms with Gasteiger partial charge in [0.15, 0.2) is 11.6 Å². The van der Waals surface area contributed by atoms with Gasteiger partial charge in [-0.1, -0.05) is 0 Å². The number of carbonyl (C=O) groups is 1. The van der Waals surface area contributed by atoms with Crippen molar-refractivity contribution in [2.24, 2.45) is 0 Å². The smallest absolute Gasteiger partial charge is 0.343 e. The maximum Gasteiger partial charge on any atom is 0.343 e. The Morgan fingerprint density at radius 2 is 2.15 bits per heavy atom. The molecule has 0 radical (unpaired) electrons. The number of aromatic nitrogens is 1. The largest absolute Gasteiger partial charge is 0.492 e. The molecule has 0 saturated heterocycles. The zero-order chi connectivity index (χ0) is 19.2. The van der Waals surface area contributed by atoms with Crippen LogP contribution in [-0.2, 0) is 4.74 Å². The quantitative estimate of drug-likeness (QED) is 0.457. The number of hydrogen-bond acceptors (Lipinski definition) is 6. The standard InChI is InChI=1S/C16H14F2N2O6/c1-3-26-16(22)7-6-19(10-4-8(10)17)13-12(14(7)21)11(20(23)24)5-9(18)15(13)25-2/h5-6,8,10H,3-4H2,1-2H3/t8-,10+/m0/s1. The van der Waals surface area contributed by atoms with Crippen LogP contribution < -0.4 is 10.2 Å². The van der Waals surface area contributed by atoms with Crippen molar-refractivity contribution >= 4 is 22.6 Å². The van der Waals surface area contributed by atoms with Gasteiger partial charge in [-0.25, -0.2) is 13.6 Å². The van der Waals surface area contributed by atoms with Crippen LogP contribution in [0.5, 0.6) is 5.75 Å². The lowest BCUT2D eigenvalue weighted by atomic mass is 10.1. The fourth-order valence-electron chi connectivity index (χ4n) is 2.87. The van der Waals surface area contributed by atoms with Gasteiger partial charge in [-0.2, -0.15) is 0 Å². The van der Waals surface area contributed by atoms with Gasteiger partial charge < -0.3 is 14.0 Å². The van der Waals surface area contributed by atoms with Crippen LogP contribution in [0.4, 0.5) is 14.5 Å². The number of non-ortho nitro benzene ring substituents is 1. The maximum atomic E-state index is 14.3. The van der Waals surface area contributed by atoms with Crippen molar-refractivity contribution in [3.8, 4) is 5.75 Å². The Balaban J connectivity index is 2.49. The molecule has 1 aromatic carbocycles. The summed E-state index contributed by atoms with van der Waals surface area (Å²) in [4.78, 5) is 35.2. The number of carbonyl (C=O) groups excluding carboxylic acids is 1. The molecule has 2 atom stereocenters. The third-order valence-electron chi connectivity index (χ3n) is 4.12. The van der Waals surface area contributed by atoms with E-state index in [-0.39, 0.29) is 18.5 Å². The Labute approximate surface area is 145 Å². The molecule has 0 bridgehead atoms. The third kappa shape index (κ3) is 2.67. The highest BCUT2D eigenvalue weighted by atomic mass is 19.1. The molecule has 1 fully saturated rings. The van der Waals surface area contributed by atoms with E-state index >= 15 is 0 Å². The van der Waals surface area contributed by atoms with Gasteiger partial charge in [0.05, 0.1) is 30.7 Å². The van der Waals surface area contributed by atoms with Crippen LogP contribution in [0.2, 0.25) is 0 Å². The molecule has 138 valence electrons. The lowest BCUT2D eigenvalue weighted by Gasteiger charge is -2.15. The molecule has 2 aromatic rings. The number of nitrogens with zero attached hydrogens (tertiary/aromatic N) is 2. The molecule has 0 spiro atoms. The SMILES string of the molecule is CCOC(=O)c1cn([C@@H]2C[C@@H]2F)c2c(OC)c(F)cc([N+](=O)[O-])c2c1=O. The highest BCUT2D eigenvalue weighted by molar-refractivity contribution is 5.99. The predicted octanol–water partition coefficient (Wildman–Crippen LogP) is 2.52. The normalized spacial score (nSPS) is 18.6. The van der Waals surface area contributed by atoms with E-state index in [1.165, 1.54) is 6.92 Å². The van der Waals surface area contributed by atoms with Gasteiger partial charge in [0.1, 0.15) is 22.6 Å². The number of hydrogen-bond donors (Lipinski definition) is 0. The van der Waals surface area contributed by atoms with Gasteiger partial charge in [0.25, 0.3) is 5.69 Å². The van der Waals surface area contributed by atoms with Gasteiger partial charge in [-0.05, 0) is 6.92 Å². The summed E-state index contributed by atoms with van der Waals surface area (Å²) in [6.45, 7) is 1.50. The molecule has 8 nitrogen and oxygen atoms in total. The van der Waals surface area contributed by atoms with Crippen molar-refractivity contribution in [1.82, 2.24) is 4.57 Å². The molecule has 0 aliphatic heterocycles. The number of pyridine rings is 1. The van der Waals surface area contributed by atoms with Crippen LogP contribution in [0, 0.1) is 15.9 Å². The summed E-state index contributed by atoms with van der Waals surface area (Å²) in [6.07, 6.45) is -0.186. The third-order valence-corrected chi connectivity index (χ3v) is 4.12. The summed E-state index contributed by atoms with van der Waals surface area (Å²) in [7, 11) is 1.12. The highest BCUT2D eigenvalue weighted by Crippen LogP contribution is 2.44. The molecule has 10 heteroatoms. The summed E-state index contributed by atoms with van der Waals surface area (Å²) >= 11 is 0. The number of nitro benzene ring substituents is 1. The van der Waals surface area contributed by atoms with Crippen LogP contribution in [-0.4, -0.2) is 35.3 Å². The monoisotopic (exact) mass is 368 g/mol. The van der Waals surface area contributed by atoms with Crippen molar-refractivity contribution in [2.45, 2.75) is 25.6 Å². The van der Waals surface area contributed by atoms with Crippen LogP contribution in [0.3, 0.4) is 0 Å². The maximum absolute atomic E-state index is 14.3. The lowest BCUT2D eigenvalue weighted by Crippen LogP contribution is -2.22. The zero-order valence-electron chi connectivity index (χ0n) is 13.8. The minimum atomic E-state index is -1.29. The van der Waals surface area contributed by atoms with Crippen LogP contribution in [0.1, 0.15) is 29.7 Å². The minimum absolute atomic E-state index is 0.0275. The van der Waals surface area contributed by atoms with Crippen molar-refractivity contribution < 1.29 is 28.0 Å². The molecular weight excluding hydrogens is 354 g/mol. The van der Waals surface area contributed by atoms with Crippen LogP contribution >= 0.6 is 0 Å². The number of fused-ring (bicyclic) bond motifs is 1. The minimum Gasteiger partial charge on any atom is -0.492 e. The summed E-state index contributed by atoms with van der Waals surface area (Å²) < 4.78 is 38.9. The first-order valence-corrected chi connectivity index (χ1v) is 7.72. The number of ether oxygens (including phenoxy) is 2. The van der Waals surface area contributed by atoms with E-state index in [0.717, 1.165) is 17.9 Å². The first-order valence-electron chi connectivity index (χ1n) is 7.72. The van der Waals surface area contributed by atoms with Gasteiger partial charge in [-0.3, -0.25) is 14.9 Å². The number of alkyl halides is 1. The number of halogens is 2. The highest BCUT2D eigenvalue weighted by Gasteiger charge is 2.42. The van der Waals surface area contributed by atoms with Crippen molar-refractivity contribution in [1.29, 1.82) is 0 Å². The number of nitro groups is 1. The zero-order valence-corrected chi connectivity index (χ0v) is 13.8.